The zero-order valence-electron chi connectivity index (χ0n) is 11.9. The summed E-state index contributed by atoms with van der Waals surface area (Å²) in [5.74, 6) is 0.00199. The number of amides is 1. The second-order valence-electron chi connectivity index (χ2n) is 5.08. The number of hydrogen-bond donors (Lipinski definition) is 1. The third-order valence-corrected chi connectivity index (χ3v) is 4.87. The van der Waals surface area contributed by atoms with E-state index in [-0.39, 0.29) is 11.2 Å². The maximum absolute atomic E-state index is 12.2. The Kier molecular flexibility index (Phi) is 5.43. The number of hydrogen-bond acceptors (Lipinski definition) is 3. The van der Waals surface area contributed by atoms with Crippen LogP contribution in [0.5, 0.6) is 0 Å². The van der Waals surface area contributed by atoms with Gasteiger partial charge in [0.2, 0.25) is 5.91 Å². The highest BCUT2D eigenvalue weighted by molar-refractivity contribution is 8.23. The number of thioether (sulfide) groups is 1. The monoisotopic (exact) mass is 308 g/mol. The van der Waals surface area contributed by atoms with Gasteiger partial charge < -0.3 is 10.2 Å². The van der Waals surface area contributed by atoms with Gasteiger partial charge in [-0.2, -0.15) is 0 Å². The molecule has 0 aromatic heterocycles. The van der Waals surface area contributed by atoms with Crippen LogP contribution in [-0.2, 0) is 4.79 Å². The number of rotatable bonds is 3. The lowest BCUT2D eigenvalue weighted by Gasteiger charge is -2.20. The number of aryl methyl sites for hydroxylation is 1. The minimum Gasteiger partial charge on any atom is -0.358 e. The van der Waals surface area contributed by atoms with Gasteiger partial charge in [0.05, 0.1) is 5.25 Å². The molecule has 1 unspecified atom stereocenters. The first-order valence-electron chi connectivity index (χ1n) is 6.89. The van der Waals surface area contributed by atoms with Crippen molar-refractivity contribution in [2.45, 2.75) is 31.9 Å². The van der Waals surface area contributed by atoms with E-state index in [0.29, 0.717) is 0 Å². The number of thiocarbonyl (C=S) groups is 1. The van der Waals surface area contributed by atoms with Crippen molar-refractivity contribution in [2.75, 3.05) is 18.4 Å². The van der Waals surface area contributed by atoms with E-state index in [0.717, 1.165) is 28.7 Å². The van der Waals surface area contributed by atoms with Crippen molar-refractivity contribution in [2.24, 2.45) is 0 Å². The van der Waals surface area contributed by atoms with Crippen molar-refractivity contribution in [3.05, 3.63) is 29.8 Å². The van der Waals surface area contributed by atoms with Gasteiger partial charge in [-0.05, 0) is 44.4 Å². The molecule has 0 saturated carbocycles. The first-order chi connectivity index (χ1) is 9.56. The minimum atomic E-state index is -0.177. The van der Waals surface area contributed by atoms with E-state index in [1.807, 2.05) is 38.1 Å². The van der Waals surface area contributed by atoms with Gasteiger partial charge in [0.1, 0.15) is 4.32 Å². The second-order valence-corrected chi connectivity index (χ2v) is 7.05. The van der Waals surface area contributed by atoms with E-state index in [1.54, 1.807) is 0 Å². The lowest BCUT2D eigenvalue weighted by molar-refractivity contribution is -0.115. The van der Waals surface area contributed by atoms with Crippen LogP contribution in [0.15, 0.2) is 24.3 Å². The highest BCUT2D eigenvalue weighted by atomic mass is 32.2. The molecular weight excluding hydrogens is 288 g/mol. The molecule has 1 aromatic carbocycles. The van der Waals surface area contributed by atoms with E-state index in [4.69, 9.17) is 12.2 Å². The summed E-state index contributed by atoms with van der Waals surface area (Å²) in [6, 6.07) is 7.82. The van der Waals surface area contributed by atoms with Gasteiger partial charge in [0, 0.05) is 18.8 Å². The smallest absolute Gasteiger partial charge is 0.237 e. The molecule has 1 saturated heterocycles. The molecule has 0 radical (unpaired) electrons. The molecular formula is C15H20N2OS2. The molecule has 5 heteroatoms. The Morgan fingerprint density at radius 2 is 2.10 bits per heavy atom. The summed E-state index contributed by atoms with van der Waals surface area (Å²) in [5.41, 5.74) is 1.98. The average molecular weight is 308 g/mol. The van der Waals surface area contributed by atoms with Crippen LogP contribution in [0.1, 0.15) is 25.3 Å². The molecule has 2 rings (SSSR count). The standard InChI is InChI=1S/C15H20N2OS2/c1-11-6-5-7-13(10-11)16-14(18)12(2)20-15(19)17-8-3-4-9-17/h5-7,10,12H,3-4,8-9H2,1-2H3,(H,16,18). The fourth-order valence-electron chi connectivity index (χ4n) is 2.15. The Hall–Kier alpha value is -1.07. The largest absolute Gasteiger partial charge is 0.358 e. The van der Waals surface area contributed by atoms with Crippen molar-refractivity contribution in [1.29, 1.82) is 0 Å². The van der Waals surface area contributed by atoms with Crippen molar-refractivity contribution >= 4 is 39.9 Å². The zero-order chi connectivity index (χ0) is 14.5. The third kappa shape index (κ3) is 4.21. The van der Waals surface area contributed by atoms with Crippen LogP contribution in [0.3, 0.4) is 0 Å². The lowest BCUT2D eigenvalue weighted by Crippen LogP contribution is -2.29. The van der Waals surface area contributed by atoms with Crippen LogP contribution >= 0.6 is 24.0 Å². The third-order valence-electron chi connectivity index (χ3n) is 3.30. The Bertz CT molecular complexity index is 498. The molecule has 1 aliphatic heterocycles. The highest BCUT2D eigenvalue weighted by Gasteiger charge is 2.21. The SMILES string of the molecule is Cc1cccc(NC(=O)C(C)SC(=S)N2CCCC2)c1. The predicted molar refractivity (Wildman–Crippen MR) is 90.3 cm³/mol. The Morgan fingerprint density at radius 3 is 2.75 bits per heavy atom. The maximum atomic E-state index is 12.2. The molecule has 1 heterocycles. The quantitative estimate of drug-likeness (QED) is 0.867. The van der Waals surface area contributed by atoms with Crippen molar-refractivity contribution in [3.63, 3.8) is 0 Å². The van der Waals surface area contributed by atoms with Gasteiger partial charge in [-0.3, -0.25) is 4.79 Å². The molecule has 0 spiro atoms. The fourth-order valence-corrected chi connectivity index (χ4v) is 3.56. The summed E-state index contributed by atoms with van der Waals surface area (Å²) in [4.78, 5) is 14.4. The second kappa shape index (κ2) is 7.09. The fraction of sp³-hybridized carbons (Fsp3) is 0.467. The van der Waals surface area contributed by atoms with Crippen molar-refractivity contribution < 1.29 is 4.79 Å². The molecule has 0 aliphatic carbocycles. The number of carbonyl (C=O) groups is 1. The normalized spacial score (nSPS) is 16.0. The summed E-state index contributed by atoms with van der Waals surface area (Å²) in [6.45, 7) is 5.96. The molecule has 0 bridgehead atoms. The van der Waals surface area contributed by atoms with Crippen LogP contribution in [0, 0.1) is 6.92 Å². The number of carbonyl (C=O) groups excluding carboxylic acids is 1. The first kappa shape index (κ1) is 15.3. The topological polar surface area (TPSA) is 32.3 Å². The van der Waals surface area contributed by atoms with Crippen LogP contribution in [0.25, 0.3) is 0 Å². The van der Waals surface area contributed by atoms with Gasteiger partial charge >= 0.3 is 0 Å². The predicted octanol–water partition coefficient (Wildman–Crippen LogP) is 3.44. The van der Waals surface area contributed by atoms with E-state index in [9.17, 15) is 4.79 Å². The summed E-state index contributed by atoms with van der Waals surface area (Å²) in [7, 11) is 0. The number of nitrogens with zero attached hydrogens (tertiary/aromatic N) is 1. The number of likely N-dealkylation sites (tertiary alicyclic amines) is 1. The van der Waals surface area contributed by atoms with E-state index in [1.165, 1.54) is 24.6 Å². The summed E-state index contributed by atoms with van der Waals surface area (Å²) >= 11 is 6.88. The van der Waals surface area contributed by atoms with E-state index in [2.05, 4.69) is 10.2 Å². The van der Waals surface area contributed by atoms with Crippen LogP contribution in [-0.4, -0.2) is 33.5 Å². The zero-order valence-corrected chi connectivity index (χ0v) is 13.5. The van der Waals surface area contributed by atoms with Gasteiger partial charge in [0.15, 0.2) is 0 Å². The summed E-state index contributed by atoms with van der Waals surface area (Å²) < 4.78 is 0.842. The average Bonchev–Trinajstić information content (AvgIpc) is 2.92. The molecule has 1 N–H and O–H groups in total. The first-order valence-corrected chi connectivity index (χ1v) is 8.18. The summed E-state index contributed by atoms with van der Waals surface area (Å²) in [6.07, 6.45) is 2.40. The van der Waals surface area contributed by atoms with Crippen LogP contribution < -0.4 is 5.32 Å². The molecule has 3 nitrogen and oxygen atoms in total. The van der Waals surface area contributed by atoms with Gasteiger partial charge in [-0.15, -0.1) is 0 Å². The highest BCUT2D eigenvalue weighted by Crippen LogP contribution is 2.21. The van der Waals surface area contributed by atoms with Crippen LogP contribution in [0.4, 0.5) is 5.69 Å². The molecule has 1 fully saturated rings. The molecule has 1 amide bonds. The van der Waals surface area contributed by atoms with E-state index >= 15 is 0 Å². The number of benzene rings is 1. The molecule has 20 heavy (non-hydrogen) atoms. The Labute approximate surface area is 130 Å². The van der Waals surface area contributed by atoms with Gasteiger partial charge in [-0.1, -0.05) is 36.1 Å². The molecule has 1 aromatic rings. The molecule has 1 atom stereocenters. The van der Waals surface area contributed by atoms with Crippen molar-refractivity contribution in [3.8, 4) is 0 Å². The van der Waals surface area contributed by atoms with Gasteiger partial charge in [0.25, 0.3) is 0 Å². The number of nitrogens with one attached hydrogen (secondary N) is 1. The van der Waals surface area contributed by atoms with E-state index < -0.39 is 0 Å². The Balaban J connectivity index is 1.86. The summed E-state index contributed by atoms with van der Waals surface area (Å²) in [5, 5.41) is 2.76. The van der Waals surface area contributed by atoms with Gasteiger partial charge in [-0.25, -0.2) is 0 Å². The lowest BCUT2D eigenvalue weighted by atomic mass is 10.2. The molecule has 1 aliphatic rings. The minimum absolute atomic E-state index is 0.00199. The maximum Gasteiger partial charge on any atom is 0.237 e. The van der Waals surface area contributed by atoms with Crippen molar-refractivity contribution in [1.82, 2.24) is 4.90 Å². The number of anilines is 1. The Morgan fingerprint density at radius 1 is 1.40 bits per heavy atom. The van der Waals surface area contributed by atoms with Crippen LogP contribution in [0.2, 0.25) is 0 Å². The molecule has 108 valence electrons.